The fraction of sp³-hybridized carbons (Fsp3) is 0.200. The molecule has 1 aliphatic rings. The van der Waals surface area contributed by atoms with E-state index < -0.39 is 14.7 Å². The third-order valence-corrected chi connectivity index (χ3v) is 6.02. The molecule has 0 unspecified atom stereocenters. The second-order valence-corrected chi connectivity index (χ2v) is 7.49. The molecule has 1 fully saturated rings. The lowest BCUT2D eigenvalue weighted by molar-refractivity contribution is -0.125. The Morgan fingerprint density at radius 3 is 2.64 bits per heavy atom. The summed E-state index contributed by atoms with van der Waals surface area (Å²) in [6.45, 7) is 5.57. The van der Waals surface area contributed by atoms with E-state index in [0.29, 0.717) is 0 Å². The zero-order valence-corrected chi connectivity index (χ0v) is 13.6. The lowest BCUT2D eigenvalue weighted by atomic mass is 10.2. The molecule has 5 nitrogen and oxygen atoms in total. The van der Waals surface area contributed by atoms with Gasteiger partial charge in [-0.15, -0.1) is 6.58 Å². The highest BCUT2D eigenvalue weighted by Crippen LogP contribution is 2.35. The molecular formula is C15H14N2O3S2. The number of carbonyl (C=O) groups is 1. The Morgan fingerprint density at radius 2 is 2.09 bits per heavy atom. The molecule has 7 heteroatoms. The second-order valence-electron chi connectivity index (χ2n) is 4.64. The number of amides is 1. The van der Waals surface area contributed by atoms with Gasteiger partial charge in [-0.2, -0.15) is 5.26 Å². The van der Waals surface area contributed by atoms with E-state index in [4.69, 9.17) is 0 Å². The van der Waals surface area contributed by atoms with Crippen molar-refractivity contribution in [3.8, 4) is 6.07 Å². The Kier molecular flexibility index (Phi) is 4.74. The number of benzene rings is 1. The van der Waals surface area contributed by atoms with E-state index in [9.17, 15) is 18.5 Å². The topological polar surface area (TPSA) is 78.2 Å². The van der Waals surface area contributed by atoms with Crippen molar-refractivity contribution in [1.82, 2.24) is 4.90 Å². The van der Waals surface area contributed by atoms with Gasteiger partial charge in [-0.05, 0) is 19.1 Å². The first-order valence-electron chi connectivity index (χ1n) is 6.42. The summed E-state index contributed by atoms with van der Waals surface area (Å²) in [4.78, 5) is 12.7. The van der Waals surface area contributed by atoms with Crippen LogP contribution in [0.4, 0.5) is 0 Å². The van der Waals surface area contributed by atoms with E-state index in [0.717, 1.165) is 17.3 Å². The fourth-order valence-electron chi connectivity index (χ4n) is 1.96. The van der Waals surface area contributed by atoms with Crippen LogP contribution in [0, 0.1) is 18.3 Å². The van der Waals surface area contributed by atoms with Crippen LogP contribution in [0.3, 0.4) is 0 Å². The number of rotatable bonds is 4. The van der Waals surface area contributed by atoms with Crippen LogP contribution in [-0.4, -0.2) is 31.5 Å². The summed E-state index contributed by atoms with van der Waals surface area (Å²) < 4.78 is 25.3. The minimum atomic E-state index is -3.96. The fourth-order valence-corrected chi connectivity index (χ4v) is 4.58. The molecule has 1 saturated heterocycles. The van der Waals surface area contributed by atoms with Gasteiger partial charge in [-0.25, -0.2) is 8.42 Å². The van der Waals surface area contributed by atoms with Gasteiger partial charge in [-0.1, -0.05) is 35.5 Å². The van der Waals surface area contributed by atoms with Crippen LogP contribution >= 0.6 is 11.8 Å². The Balaban J connectivity index is 2.58. The van der Waals surface area contributed by atoms with Gasteiger partial charge < -0.3 is 4.90 Å². The van der Waals surface area contributed by atoms with Gasteiger partial charge >= 0.3 is 0 Å². The van der Waals surface area contributed by atoms with E-state index in [1.54, 1.807) is 18.2 Å². The maximum absolute atomic E-state index is 12.7. The molecule has 1 heterocycles. The number of hydrogen-bond donors (Lipinski definition) is 0. The van der Waals surface area contributed by atoms with Gasteiger partial charge in [0.05, 0.1) is 10.6 Å². The predicted octanol–water partition coefficient (Wildman–Crippen LogP) is 2.22. The Labute approximate surface area is 133 Å². The number of thioether (sulfide) groups is 1. The number of allylic oxidation sites excluding steroid dienone is 1. The van der Waals surface area contributed by atoms with Crippen molar-refractivity contribution in [1.29, 1.82) is 5.26 Å². The molecule has 0 atom stereocenters. The van der Waals surface area contributed by atoms with Gasteiger partial charge in [0, 0.05) is 6.54 Å². The van der Waals surface area contributed by atoms with Crippen LogP contribution in [0.15, 0.2) is 51.8 Å². The Morgan fingerprint density at radius 1 is 1.45 bits per heavy atom. The molecule has 0 aliphatic carbocycles. The van der Waals surface area contributed by atoms with Crippen LogP contribution in [0.2, 0.25) is 0 Å². The highest BCUT2D eigenvalue weighted by molar-refractivity contribution is 8.05. The molecule has 1 aromatic rings. The highest BCUT2D eigenvalue weighted by atomic mass is 32.2. The Bertz CT molecular complexity index is 787. The number of aryl methyl sites for hydroxylation is 1. The van der Waals surface area contributed by atoms with Crippen LogP contribution in [0.5, 0.6) is 0 Å². The molecule has 0 radical (unpaired) electrons. The van der Waals surface area contributed by atoms with Crippen molar-refractivity contribution in [3.05, 3.63) is 52.4 Å². The molecule has 22 heavy (non-hydrogen) atoms. The van der Waals surface area contributed by atoms with Gasteiger partial charge in [0.2, 0.25) is 15.7 Å². The number of sulfone groups is 1. The minimum absolute atomic E-state index is 0.0423. The van der Waals surface area contributed by atoms with Gasteiger partial charge in [0.15, 0.2) is 4.91 Å². The van der Waals surface area contributed by atoms with E-state index in [1.807, 2.05) is 6.92 Å². The van der Waals surface area contributed by atoms with Crippen molar-refractivity contribution in [2.24, 2.45) is 0 Å². The van der Waals surface area contributed by atoms with Crippen molar-refractivity contribution in [2.45, 2.75) is 11.8 Å². The third-order valence-electron chi connectivity index (χ3n) is 3.09. The van der Waals surface area contributed by atoms with E-state index >= 15 is 0 Å². The summed E-state index contributed by atoms with van der Waals surface area (Å²) >= 11 is 1.06. The van der Waals surface area contributed by atoms with Gasteiger partial charge in [0.1, 0.15) is 11.1 Å². The highest BCUT2D eigenvalue weighted by Gasteiger charge is 2.34. The van der Waals surface area contributed by atoms with Crippen LogP contribution in [0.25, 0.3) is 0 Å². The maximum Gasteiger partial charge on any atom is 0.238 e. The average Bonchev–Trinajstić information content (AvgIpc) is 2.82. The summed E-state index contributed by atoms with van der Waals surface area (Å²) in [7, 11) is -3.96. The number of hydrogen-bond acceptors (Lipinski definition) is 5. The molecular weight excluding hydrogens is 320 g/mol. The van der Waals surface area contributed by atoms with Crippen molar-refractivity contribution >= 4 is 27.5 Å². The van der Waals surface area contributed by atoms with Crippen molar-refractivity contribution in [3.63, 3.8) is 0 Å². The molecule has 1 aromatic carbocycles. The number of nitriles is 1. The Hall–Kier alpha value is -2.04. The smallest absolute Gasteiger partial charge is 0.238 e. The summed E-state index contributed by atoms with van der Waals surface area (Å²) in [5, 5.41) is 9.52. The average molecular weight is 334 g/mol. The van der Waals surface area contributed by atoms with Crippen molar-refractivity contribution < 1.29 is 13.2 Å². The third kappa shape index (κ3) is 2.93. The largest absolute Gasteiger partial charge is 0.300 e. The normalized spacial score (nSPS) is 17.3. The second kappa shape index (κ2) is 6.38. The number of nitrogens with zero attached hydrogens (tertiary/aromatic N) is 2. The molecule has 0 spiro atoms. The first-order valence-corrected chi connectivity index (χ1v) is 8.89. The van der Waals surface area contributed by atoms with Gasteiger partial charge in [-0.3, -0.25) is 4.79 Å². The van der Waals surface area contributed by atoms with E-state index in [2.05, 4.69) is 6.58 Å². The first kappa shape index (κ1) is 16.3. The van der Waals surface area contributed by atoms with Crippen molar-refractivity contribution in [2.75, 3.05) is 12.3 Å². The van der Waals surface area contributed by atoms with Crippen LogP contribution < -0.4 is 0 Å². The van der Waals surface area contributed by atoms with Crippen LogP contribution in [0.1, 0.15) is 5.56 Å². The summed E-state index contributed by atoms with van der Waals surface area (Å²) in [5.74, 6) is -0.107. The molecule has 0 aromatic heterocycles. The first-order chi connectivity index (χ1) is 10.4. The number of carbonyl (C=O) groups excluding carboxylic acids is 1. The SMILES string of the molecule is C=CCN1C(=O)CS/C1=C(\C#N)S(=O)(=O)c1ccc(C)cc1. The molecule has 114 valence electrons. The lowest BCUT2D eigenvalue weighted by Gasteiger charge is -2.16. The van der Waals surface area contributed by atoms with E-state index in [1.165, 1.54) is 23.1 Å². The minimum Gasteiger partial charge on any atom is -0.300 e. The predicted molar refractivity (Wildman–Crippen MR) is 85.4 cm³/mol. The van der Waals surface area contributed by atoms with Crippen LogP contribution in [-0.2, 0) is 14.6 Å². The lowest BCUT2D eigenvalue weighted by Crippen LogP contribution is -2.26. The molecule has 2 rings (SSSR count). The zero-order valence-electron chi connectivity index (χ0n) is 11.9. The zero-order chi connectivity index (χ0) is 16.3. The molecule has 0 N–H and O–H groups in total. The summed E-state index contributed by atoms with van der Waals surface area (Å²) in [5.41, 5.74) is 0.920. The standard InChI is InChI=1S/C15H14N2O3S2/c1-3-8-17-14(18)10-21-15(17)13(9-16)22(19,20)12-6-4-11(2)5-7-12/h3-7H,1,8,10H2,2H3/b15-13+. The van der Waals surface area contributed by atoms with Gasteiger partial charge in [0.25, 0.3) is 0 Å². The summed E-state index contributed by atoms with van der Waals surface area (Å²) in [6, 6.07) is 8.00. The monoisotopic (exact) mass is 334 g/mol. The quantitative estimate of drug-likeness (QED) is 0.623. The summed E-state index contributed by atoms with van der Waals surface area (Å²) in [6.07, 6.45) is 1.50. The molecule has 1 aliphatic heterocycles. The van der Waals surface area contributed by atoms with E-state index in [-0.39, 0.29) is 28.1 Å². The molecule has 1 amide bonds. The molecule has 0 saturated carbocycles. The maximum atomic E-state index is 12.7. The molecule has 0 bridgehead atoms.